The molecule has 5 heteroatoms. The lowest BCUT2D eigenvalue weighted by molar-refractivity contribution is -0.384. The van der Waals surface area contributed by atoms with E-state index in [0.717, 1.165) is 25.8 Å². The number of unbranched alkanes of at least 4 members (excludes halogenated alkanes) is 2. The normalized spacial score (nSPS) is 12.2. The predicted molar refractivity (Wildman–Crippen MR) is 76.5 cm³/mol. The molecule has 1 rings (SSSR count). The summed E-state index contributed by atoms with van der Waals surface area (Å²) in [4.78, 5) is 12.6. The first-order valence-corrected chi connectivity index (χ1v) is 6.65. The van der Waals surface area contributed by atoms with Crippen LogP contribution in [0.25, 0.3) is 0 Å². The predicted octanol–water partition coefficient (Wildman–Crippen LogP) is 3.27. The first-order valence-electron chi connectivity index (χ1n) is 6.65. The summed E-state index contributed by atoms with van der Waals surface area (Å²) in [6.45, 7) is 4.52. The van der Waals surface area contributed by atoms with Crippen molar-refractivity contribution in [2.75, 3.05) is 18.5 Å². The zero-order valence-corrected chi connectivity index (χ0v) is 11.8. The van der Waals surface area contributed by atoms with Crippen molar-refractivity contribution < 1.29 is 10.0 Å². The van der Waals surface area contributed by atoms with Crippen LogP contribution in [0.5, 0.6) is 0 Å². The number of hydrogen-bond acceptors (Lipinski definition) is 4. The molecular weight excluding hydrogens is 244 g/mol. The molecule has 0 spiro atoms. The average Bonchev–Trinajstić information content (AvgIpc) is 2.38. The van der Waals surface area contributed by atoms with Gasteiger partial charge in [0.15, 0.2) is 0 Å². The number of nitrogens with zero attached hydrogens (tertiary/aromatic N) is 2. The van der Waals surface area contributed by atoms with Gasteiger partial charge in [-0.1, -0.05) is 25.8 Å². The van der Waals surface area contributed by atoms with Crippen molar-refractivity contribution in [1.29, 1.82) is 0 Å². The Bertz CT molecular complexity index is 433. The maximum atomic E-state index is 11.1. The second-order valence-electron chi connectivity index (χ2n) is 4.81. The minimum atomic E-state index is -0.696. The summed E-state index contributed by atoms with van der Waals surface area (Å²) < 4.78 is 0. The highest BCUT2D eigenvalue weighted by Gasteiger charge is 2.18. The van der Waals surface area contributed by atoms with E-state index < -0.39 is 11.0 Å². The van der Waals surface area contributed by atoms with Gasteiger partial charge >= 0.3 is 0 Å². The largest absolute Gasteiger partial charge is 0.389 e. The van der Waals surface area contributed by atoms with Crippen molar-refractivity contribution in [3.05, 3.63) is 33.9 Å². The van der Waals surface area contributed by atoms with Gasteiger partial charge in [-0.25, -0.2) is 0 Å². The minimum Gasteiger partial charge on any atom is -0.389 e. The van der Waals surface area contributed by atoms with E-state index >= 15 is 0 Å². The monoisotopic (exact) mass is 266 g/mol. The quantitative estimate of drug-likeness (QED) is 0.467. The number of nitro groups is 1. The number of benzene rings is 1. The van der Waals surface area contributed by atoms with Crippen LogP contribution in [-0.2, 0) is 0 Å². The summed E-state index contributed by atoms with van der Waals surface area (Å²) in [6.07, 6.45) is 2.56. The van der Waals surface area contributed by atoms with Crippen LogP contribution in [0.3, 0.4) is 0 Å². The van der Waals surface area contributed by atoms with Gasteiger partial charge in [0.1, 0.15) is 5.69 Å². The molecule has 1 N–H and O–H groups in total. The summed E-state index contributed by atoms with van der Waals surface area (Å²) >= 11 is 0. The lowest BCUT2D eigenvalue weighted by Gasteiger charge is -2.19. The van der Waals surface area contributed by atoms with Crippen molar-refractivity contribution in [2.24, 2.45) is 0 Å². The zero-order chi connectivity index (χ0) is 14.4. The topological polar surface area (TPSA) is 66.6 Å². The molecule has 5 nitrogen and oxygen atoms in total. The van der Waals surface area contributed by atoms with Crippen LogP contribution in [0.2, 0.25) is 0 Å². The van der Waals surface area contributed by atoms with Gasteiger partial charge in [-0.05, 0) is 25.0 Å². The SMILES string of the molecule is CCCCCN(C)c1ccc([C@@H](C)O)cc1[N+](=O)[O-]. The van der Waals surface area contributed by atoms with Gasteiger partial charge in [0.05, 0.1) is 11.0 Å². The fourth-order valence-electron chi connectivity index (χ4n) is 1.99. The smallest absolute Gasteiger partial charge is 0.292 e. The molecule has 0 amide bonds. The summed E-state index contributed by atoms with van der Waals surface area (Å²) in [5.41, 5.74) is 1.22. The van der Waals surface area contributed by atoms with Gasteiger partial charge in [0.2, 0.25) is 0 Å². The highest BCUT2D eigenvalue weighted by molar-refractivity contribution is 5.64. The fourth-order valence-corrected chi connectivity index (χ4v) is 1.99. The molecule has 0 heterocycles. The lowest BCUT2D eigenvalue weighted by atomic mass is 10.1. The van der Waals surface area contributed by atoms with Crippen LogP contribution in [0.1, 0.15) is 44.8 Å². The van der Waals surface area contributed by atoms with Crippen LogP contribution in [-0.4, -0.2) is 23.6 Å². The first-order chi connectivity index (χ1) is 8.97. The fraction of sp³-hybridized carbons (Fsp3) is 0.571. The Morgan fingerprint density at radius 3 is 2.63 bits per heavy atom. The van der Waals surface area contributed by atoms with Gasteiger partial charge in [-0.15, -0.1) is 0 Å². The number of aliphatic hydroxyl groups is 1. The highest BCUT2D eigenvalue weighted by atomic mass is 16.6. The van der Waals surface area contributed by atoms with E-state index in [1.54, 1.807) is 19.1 Å². The molecule has 106 valence electrons. The Balaban J connectivity index is 2.96. The Labute approximate surface area is 114 Å². The van der Waals surface area contributed by atoms with Crippen molar-refractivity contribution in [1.82, 2.24) is 0 Å². The van der Waals surface area contributed by atoms with Gasteiger partial charge in [0.25, 0.3) is 5.69 Å². The van der Waals surface area contributed by atoms with Crippen LogP contribution < -0.4 is 4.90 Å². The summed E-state index contributed by atoms with van der Waals surface area (Å²) in [5, 5.41) is 20.6. The van der Waals surface area contributed by atoms with E-state index in [9.17, 15) is 15.2 Å². The molecule has 1 aromatic rings. The standard InChI is InChI=1S/C14H22N2O3/c1-4-5-6-9-15(3)13-8-7-12(11(2)17)10-14(13)16(18)19/h7-8,10-11,17H,4-6,9H2,1-3H3/t11-/m1/s1. The van der Waals surface area contributed by atoms with Crippen LogP contribution in [0, 0.1) is 10.1 Å². The first kappa shape index (κ1) is 15.4. The molecule has 19 heavy (non-hydrogen) atoms. The second kappa shape index (κ2) is 7.09. The number of hydrogen-bond donors (Lipinski definition) is 1. The molecule has 1 aromatic carbocycles. The van der Waals surface area contributed by atoms with E-state index in [4.69, 9.17) is 0 Å². The number of nitro benzene ring substituents is 1. The van der Waals surface area contributed by atoms with E-state index in [2.05, 4.69) is 6.92 Å². The Morgan fingerprint density at radius 1 is 1.42 bits per heavy atom. The Morgan fingerprint density at radius 2 is 2.11 bits per heavy atom. The molecule has 0 aliphatic carbocycles. The summed E-state index contributed by atoms with van der Waals surface area (Å²) in [7, 11) is 1.86. The third-order valence-electron chi connectivity index (χ3n) is 3.19. The molecule has 1 atom stereocenters. The average molecular weight is 266 g/mol. The number of aliphatic hydroxyl groups excluding tert-OH is 1. The highest BCUT2D eigenvalue weighted by Crippen LogP contribution is 2.30. The van der Waals surface area contributed by atoms with Crippen molar-refractivity contribution >= 4 is 11.4 Å². The number of anilines is 1. The van der Waals surface area contributed by atoms with Gasteiger partial charge < -0.3 is 10.0 Å². The van der Waals surface area contributed by atoms with Crippen LogP contribution in [0.15, 0.2) is 18.2 Å². The van der Waals surface area contributed by atoms with Crippen molar-refractivity contribution in [2.45, 2.75) is 39.2 Å². The molecule has 0 aliphatic rings. The second-order valence-corrected chi connectivity index (χ2v) is 4.81. The third-order valence-corrected chi connectivity index (χ3v) is 3.19. The summed E-state index contributed by atoms with van der Waals surface area (Å²) in [5.74, 6) is 0. The van der Waals surface area contributed by atoms with Gasteiger partial charge in [0, 0.05) is 19.7 Å². The molecule has 0 bridgehead atoms. The van der Waals surface area contributed by atoms with Crippen LogP contribution in [0.4, 0.5) is 11.4 Å². The van der Waals surface area contributed by atoms with Crippen LogP contribution >= 0.6 is 0 Å². The Kier molecular flexibility index (Phi) is 5.76. The number of rotatable bonds is 7. The molecule has 0 saturated heterocycles. The van der Waals surface area contributed by atoms with Crippen molar-refractivity contribution in [3.8, 4) is 0 Å². The van der Waals surface area contributed by atoms with E-state index in [0.29, 0.717) is 11.3 Å². The molecule has 0 radical (unpaired) electrons. The van der Waals surface area contributed by atoms with Gasteiger partial charge in [-0.2, -0.15) is 0 Å². The summed E-state index contributed by atoms with van der Waals surface area (Å²) in [6, 6.07) is 4.91. The molecule has 0 unspecified atom stereocenters. The molecular formula is C14H22N2O3. The van der Waals surface area contributed by atoms with E-state index in [-0.39, 0.29) is 5.69 Å². The van der Waals surface area contributed by atoms with E-state index in [1.807, 2.05) is 11.9 Å². The Hall–Kier alpha value is -1.62. The lowest BCUT2D eigenvalue weighted by Crippen LogP contribution is -2.19. The van der Waals surface area contributed by atoms with E-state index in [1.165, 1.54) is 6.07 Å². The molecule has 0 fully saturated rings. The van der Waals surface area contributed by atoms with Gasteiger partial charge in [-0.3, -0.25) is 10.1 Å². The minimum absolute atomic E-state index is 0.0531. The maximum absolute atomic E-state index is 11.1. The maximum Gasteiger partial charge on any atom is 0.292 e. The molecule has 0 aliphatic heterocycles. The molecule has 0 saturated carbocycles. The van der Waals surface area contributed by atoms with Crippen molar-refractivity contribution in [3.63, 3.8) is 0 Å². The molecule has 0 aromatic heterocycles. The third kappa shape index (κ3) is 4.21. The zero-order valence-electron chi connectivity index (χ0n) is 11.8.